The van der Waals surface area contributed by atoms with Gasteiger partial charge < -0.3 is 5.11 Å². The van der Waals surface area contributed by atoms with E-state index in [9.17, 15) is 4.79 Å². The van der Waals surface area contributed by atoms with Gasteiger partial charge in [-0.25, -0.2) is 0 Å². The van der Waals surface area contributed by atoms with Crippen LogP contribution in [-0.4, -0.2) is 28.8 Å². The molecule has 0 saturated carbocycles. The maximum Gasteiger partial charge on any atom is 0.308 e. The minimum absolute atomic E-state index is 0.155. The molecule has 3 nitrogen and oxygen atoms in total. The van der Waals surface area contributed by atoms with Crippen LogP contribution >= 0.6 is 9.39 Å². The highest BCUT2D eigenvalue weighted by atomic mass is 31.0. The Morgan fingerprint density at radius 3 is 2.73 bits per heavy atom. The van der Waals surface area contributed by atoms with Crippen molar-refractivity contribution in [3.63, 3.8) is 0 Å². The summed E-state index contributed by atoms with van der Waals surface area (Å²) >= 11 is 0. The van der Waals surface area contributed by atoms with Gasteiger partial charge in [-0.15, -0.1) is 0 Å². The third-order valence-corrected chi connectivity index (χ3v) is 2.73. The second-order valence-electron chi connectivity index (χ2n) is 3.07. The van der Waals surface area contributed by atoms with Crippen LogP contribution in [0.3, 0.4) is 0 Å². The number of aliphatic carboxylic acids is 1. The Labute approximate surface area is 69.0 Å². The highest BCUT2D eigenvalue weighted by molar-refractivity contribution is 7.13. The molecule has 2 unspecified atom stereocenters. The third kappa shape index (κ3) is 1.91. The van der Waals surface area contributed by atoms with Gasteiger partial charge in [-0.3, -0.25) is 9.46 Å². The molecule has 0 radical (unpaired) electrons. The van der Waals surface area contributed by atoms with Gasteiger partial charge in [-0.2, -0.15) is 0 Å². The van der Waals surface area contributed by atoms with E-state index in [1.807, 2.05) is 11.6 Å². The summed E-state index contributed by atoms with van der Waals surface area (Å²) in [5.41, 5.74) is 0. The third-order valence-electron chi connectivity index (χ3n) is 2.31. The molecule has 0 aliphatic carbocycles. The number of nitrogens with zero attached hydrogens (tertiary/aromatic N) is 1. The maximum absolute atomic E-state index is 10.7. The van der Waals surface area contributed by atoms with Gasteiger partial charge in [0.05, 0.1) is 5.92 Å². The van der Waals surface area contributed by atoms with Crippen LogP contribution < -0.4 is 0 Å². The average molecular weight is 175 g/mol. The molecule has 0 amide bonds. The number of carboxylic acid groups (broad SMARTS) is 1. The van der Waals surface area contributed by atoms with Crippen LogP contribution in [0.5, 0.6) is 0 Å². The van der Waals surface area contributed by atoms with E-state index in [-0.39, 0.29) is 5.92 Å². The van der Waals surface area contributed by atoms with Crippen molar-refractivity contribution in [2.75, 3.05) is 13.1 Å². The first-order valence-electron chi connectivity index (χ1n) is 3.87. The topological polar surface area (TPSA) is 40.5 Å². The molecule has 64 valence electrons. The van der Waals surface area contributed by atoms with Crippen molar-refractivity contribution in [1.29, 1.82) is 0 Å². The quantitative estimate of drug-likeness (QED) is 0.631. The molecular weight excluding hydrogens is 161 g/mol. The Morgan fingerprint density at radius 2 is 2.36 bits per heavy atom. The van der Waals surface area contributed by atoms with Crippen molar-refractivity contribution in [3.8, 4) is 0 Å². The SMILES string of the molecule is CCC1CN(P)C[C@@H]1C(=O)O. The molecule has 0 spiro atoms. The van der Waals surface area contributed by atoms with Crippen molar-refractivity contribution < 1.29 is 9.90 Å². The largest absolute Gasteiger partial charge is 0.481 e. The van der Waals surface area contributed by atoms with Gasteiger partial charge in [-0.05, 0) is 5.92 Å². The fourth-order valence-electron chi connectivity index (χ4n) is 1.60. The molecule has 1 saturated heterocycles. The van der Waals surface area contributed by atoms with Crippen LogP contribution in [0.2, 0.25) is 0 Å². The van der Waals surface area contributed by atoms with Crippen molar-refractivity contribution >= 4 is 15.4 Å². The van der Waals surface area contributed by atoms with E-state index in [1.54, 1.807) is 0 Å². The monoisotopic (exact) mass is 175 g/mol. The van der Waals surface area contributed by atoms with E-state index < -0.39 is 5.97 Å². The smallest absolute Gasteiger partial charge is 0.308 e. The molecule has 11 heavy (non-hydrogen) atoms. The summed E-state index contributed by atoms with van der Waals surface area (Å²) in [5.74, 6) is -0.468. The number of carboxylic acids is 1. The van der Waals surface area contributed by atoms with Gasteiger partial charge >= 0.3 is 5.97 Å². The number of hydrogen-bond acceptors (Lipinski definition) is 2. The van der Waals surface area contributed by atoms with Crippen molar-refractivity contribution in [1.82, 2.24) is 4.67 Å². The Bertz CT molecular complexity index is 163. The number of hydrogen-bond donors (Lipinski definition) is 1. The summed E-state index contributed by atoms with van der Waals surface area (Å²) in [6.07, 6.45) is 0.960. The molecule has 0 aromatic heterocycles. The molecule has 0 bridgehead atoms. The first kappa shape index (κ1) is 8.95. The van der Waals surface area contributed by atoms with Crippen LogP contribution in [0.15, 0.2) is 0 Å². The van der Waals surface area contributed by atoms with Crippen LogP contribution in [0, 0.1) is 11.8 Å². The molecule has 0 aromatic rings. The van der Waals surface area contributed by atoms with Gasteiger partial charge in [0.25, 0.3) is 0 Å². The zero-order valence-corrected chi connectivity index (χ0v) is 7.81. The summed E-state index contributed by atoms with van der Waals surface area (Å²) in [4.78, 5) is 10.7. The van der Waals surface area contributed by atoms with Gasteiger partial charge in [0.1, 0.15) is 0 Å². The summed E-state index contributed by atoms with van der Waals surface area (Å²) in [6, 6.07) is 0. The summed E-state index contributed by atoms with van der Waals surface area (Å²) in [6.45, 7) is 3.63. The fourth-order valence-corrected chi connectivity index (χ4v) is 2.10. The highest BCUT2D eigenvalue weighted by Gasteiger charge is 2.34. The lowest BCUT2D eigenvalue weighted by molar-refractivity contribution is -0.142. The van der Waals surface area contributed by atoms with Gasteiger partial charge in [0, 0.05) is 13.1 Å². The van der Waals surface area contributed by atoms with E-state index >= 15 is 0 Å². The molecule has 1 fully saturated rings. The molecule has 3 atom stereocenters. The van der Waals surface area contributed by atoms with E-state index in [1.165, 1.54) is 0 Å². The van der Waals surface area contributed by atoms with Crippen molar-refractivity contribution in [2.24, 2.45) is 11.8 Å². The Balaban J connectivity index is 2.57. The Kier molecular flexibility index (Phi) is 2.85. The van der Waals surface area contributed by atoms with E-state index in [2.05, 4.69) is 9.39 Å². The van der Waals surface area contributed by atoms with Gasteiger partial charge in [0.2, 0.25) is 0 Å². The summed E-state index contributed by atoms with van der Waals surface area (Å²) in [7, 11) is 2.56. The van der Waals surface area contributed by atoms with Crippen LogP contribution in [-0.2, 0) is 4.79 Å². The first-order chi connectivity index (χ1) is 5.15. The average Bonchev–Trinajstić information content (AvgIpc) is 2.30. The highest BCUT2D eigenvalue weighted by Crippen LogP contribution is 2.28. The minimum Gasteiger partial charge on any atom is -0.481 e. The van der Waals surface area contributed by atoms with Gasteiger partial charge in [-0.1, -0.05) is 22.7 Å². The normalized spacial score (nSPS) is 32.5. The van der Waals surface area contributed by atoms with E-state index in [4.69, 9.17) is 5.11 Å². The minimum atomic E-state index is -0.651. The zero-order chi connectivity index (χ0) is 8.43. The lowest BCUT2D eigenvalue weighted by Crippen LogP contribution is -2.21. The number of carbonyl (C=O) groups is 1. The molecule has 0 aromatic carbocycles. The molecule has 1 aliphatic heterocycles. The lowest BCUT2D eigenvalue weighted by Gasteiger charge is -2.10. The molecule has 4 heteroatoms. The Morgan fingerprint density at radius 1 is 1.73 bits per heavy atom. The summed E-state index contributed by atoms with van der Waals surface area (Å²) < 4.78 is 2.01. The molecule has 1 rings (SSSR count). The van der Waals surface area contributed by atoms with E-state index in [0.29, 0.717) is 12.5 Å². The first-order valence-corrected chi connectivity index (χ1v) is 4.39. The zero-order valence-electron chi connectivity index (χ0n) is 6.66. The van der Waals surface area contributed by atoms with Crippen molar-refractivity contribution in [3.05, 3.63) is 0 Å². The standard InChI is InChI=1S/C7H14NO2P/c1-2-5-3-8(11)4-6(5)7(9)10/h5-6H,2-4,11H2,1H3,(H,9,10)/t5?,6-/m0/s1. The lowest BCUT2D eigenvalue weighted by atomic mass is 9.94. The second-order valence-corrected chi connectivity index (χ2v) is 3.80. The second kappa shape index (κ2) is 3.51. The van der Waals surface area contributed by atoms with Crippen LogP contribution in [0.1, 0.15) is 13.3 Å². The molecule has 1 heterocycles. The van der Waals surface area contributed by atoms with Gasteiger partial charge in [0.15, 0.2) is 0 Å². The Hall–Kier alpha value is -0.140. The van der Waals surface area contributed by atoms with Crippen LogP contribution in [0.4, 0.5) is 0 Å². The predicted molar refractivity (Wildman–Crippen MR) is 46.2 cm³/mol. The van der Waals surface area contributed by atoms with Crippen molar-refractivity contribution in [2.45, 2.75) is 13.3 Å². The molecular formula is C7H14NO2P. The molecule has 1 aliphatic rings. The predicted octanol–water partition coefficient (Wildman–Crippen LogP) is 0.819. The maximum atomic E-state index is 10.7. The number of rotatable bonds is 2. The summed E-state index contributed by atoms with van der Waals surface area (Å²) in [5, 5.41) is 8.80. The van der Waals surface area contributed by atoms with E-state index in [0.717, 1.165) is 13.0 Å². The fraction of sp³-hybridized carbons (Fsp3) is 0.857. The van der Waals surface area contributed by atoms with Crippen LogP contribution in [0.25, 0.3) is 0 Å². The molecule has 1 N–H and O–H groups in total.